The first-order valence-electron chi connectivity index (χ1n) is 10.8. The first-order valence-corrected chi connectivity index (χ1v) is 16.1. The maximum atomic E-state index is 13.8. The van der Waals surface area contributed by atoms with Crippen molar-refractivity contribution in [2.75, 3.05) is 5.32 Å². The van der Waals surface area contributed by atoms with Crippen molar-refractivity contribution in [3.8, 4) is 11.2 Å². The van der Waals surface area contributed by atoms with Crippen LogP contribution in [-0.2, 0) is 9.84 Å². The Kier molecular flexibility index (Phi) is 9.31. The minimum absolute atomic E-state index is 0.0869. The third kappa shape index (κ3) is 6.51. The topological polar surface area (TPSA) is 83.5 Å². The average molecular weight is 672 g/mol. The molecule has 2 unspecified atom stereocenters. The Labute approximate surface area is 229 Å². The molecule has 1 fully saturated rings. The molecule has 0 aromatic heterocycles. The highest BCUT2D eigenvalue weighted by Gasteiger charge is 2.45. The van der Waals surface area contributed by atoms with Crippen LogP contribution in [0.4, 0.5) is 18.9 Å². The first-order chi connectivity index (χ1) is 16.8. The predicted molar refractivity (Wildman–Crippen MR) is 143 cm³/mol. The van der Waals surface area contributed by atoms with Crippen molar-refractivity contribution in [2.24, 2.45) is 11.8 Å². The van der Waals surface area contributed by atoms with Crippen LogP contribution in [0.15, 0.2) is 35.2 Å². The van der Waals surface area contributed by atoms with E-state index in [-0.39, 0.29) is 33.5 Å². The Hall–Kier alpha value is -1.46. The van der Waals surface area contributed by atoms with Crippen LogP contribution in [0.1, 0.15) is 43.5 Å². The molecule has 0 heterocycles. The van der Waals surface area contributed by atoms with Crippen LogP contribution in [0.2, 0.25) is 5.02 Å². The van der Waals surface area contributed by atoms with Crippen LogP contribution in [-0.4, -0.2) is 30.3 Å². The summed E-state index contributed by atoms with van der Waals surface area (Å²) >= 11 is 8.23. The minimum Gasteiger partial charge on any atom is -0.378 e. The standard InChI is InChI=1S/C24H22ClF3INO4S2/c1-13-3-4-15(12-24(2,32)7-8-35-29)22(13)36(33,34)20-9-14(5-6-17(20)25)23(31)30-16-10-18(26)21(28)19(27)11-16/h5-6,9-11,13,15,22,32H,3-4,12H2,1-2H3,(H,30,31)/t13?,15-,22?,24-/m0/s1. The van der Waals surface area contributed by atoms with Gasteiger partial charge in [0.15, 0.2) is 27.3 Å². The average Bonchev–Trinajstić information content (AvgIpc) is 3.16. The van der Waals surface area contributed by atoms with Crippen molar-refractivity contribution in [3.05, 3.63) is 58.4 Å². The maximum Gasteiger partial charge on any atom is 0.255 e. The van der Waals surface area contributed by atoms with Gasteiger partial charge in [-0.3, -0.25) is 4.79 Å². The molecule has 0 spiro atoms. The molecule has 36 heavy (non-hydrogen) atoms. The van der Waals surface area contributed by atoms with Crippen molar-refractivity contribution < 1.29 is 31.5 Å². The summed E-state index contributed by atoms with van der Waals surface area (Å²) < 4.78 is 67.7. The number of hydrogen-bond acceptors (Lipinski definition) is 5. The molecule has 194 valence electrons. The van der Waals surface area contributed by atoms with E-state index in [4.69, 9.17) is 11.6 Å². The van der Waals surface area contributed by atoms with Crippen LogP contribution in [0.3, 0.4) is 0 Å². The van der Waals surface area contributed by atoms with E-state index in [0.29, 0.717) is 25.0 Å². The number of anilines is 1. The fraction of sp³-hybridized carbons (Fsp3) is 0.375. The van der Waals surface area contributed by atoms with Gasteiger partial charge in [0.1, 0.15) is 5.60 Å². The predicted octanol–water partition coefficient (Wildman–Crippen LogP) is 6.38. The lowest BCUT2D eigenvalue weighted by Gasteiger charge is -2.28. The lowest BCUT2D eigenvalue weighted by atomic mass is 9.90. The number of amides is 1. The van der Waals surface area contributed by atoms with Gasteiger partial charge in [-0.15, -0.1) is 0 Å². The molecule has 0 saturated heterocycles. The Balaban J connectivity index is 1.93. The Morgan fingerprint density at radius 3 is 2.50 bits per heavy atom. The summed E-state index contributed by atoms with van der Waals surface area (Å²) in [6.45, 7) is 3.35. The summed E-state index contributed by atoms with van der Waals surface area (Å²) in [4.78, 5) is 12.5. The molecule has 4 atom stereocenters. The highest BCUT2D eigenvalue weighted by atomic mass is 127. The Morgan fingerprint density at radius 2 is 1.89 bits per heavy atom. The number of aliphatic hydroxyl groups is 1. The van der Waals surface area contributed by atoms with Crippen molar-refractivity contribution in [1.29, 1.82) is 0 Å². The molecule has 1 saturated carbocycles. The molecule has 1 amide bonds. The van der Waals surface area contributed by atoms with E-state index in [1.54, 1.807) is 6.92 Å². The summed E-state index contributed by atoms with van der Waals surface area (Å²) in [6.07, 6.45) is 1.34. The molecular formula is C24H22ClF3INO4S2. The Bertz CT molecular complexity index is 1320. The van der Waals surface area contributed by atoms with Crippen molar-refractivity contribution in [2.45, 2.75) is 48.9 Å². The fourth-order valence-corrected chi connectivity index (χ4v) is 8.02. The zero-order chi connectivity index (χ0) is 26.8. The van der Waals surface area contributed by atoms with E-state index in [2.05, 4.69) is 16.5 Å². The quantitative estimate of drug-likeness (QED) is 0.212. The monoisotopic (exact) mass is 671 g/mol. The lowest BCUT2D eigenvalue weighted by molar-refractivity contribution is 0.0925. The summed E-state index contributed by atoms with van der Waals surface area (Å²) in [5.41, 5.74) is -1.85. The van der Waals surface area contributed by atoms with E-state index >= 15 is 0 Å². The van der Waals surface area contributed by atoms with Gasteiger partial charge in [-0.05, 0) is 70.4 Å². The van der Waals surface area contributed by atoms with Crippen molar-refractivity contribution >= 4 is 63.2 Å². The normalized spacial score (nSPS) is 21.4. The van der Waals surface area contributed by atoms with Crippen molar-refractivity contribution in [1.82, 2.24) is 0 Å². The molecule has 12 heteroatoms. The van der Waals surface area contributed by atoms with E-state index in [0.717, 1.165) is 6.07 Å². The molecule has 0 aliphatic heterocycles. The molecule has 1 aliphatic rings. The minimum atomic E-state index is -4.06. The molecule has 2 aromatic carbocycles. The van der Waals surface area contributed by atoms with Crippen molar-refractivity contribution in [3.63, 3.8) is 0 Å². The van der Waals surface area contributed by atoms with Gasteiger partial charge in [-0.2, -0.15) is 0 Å². The highest BCUT2D eigenvalue weighted by molar-refractivity contribution is 14.2. The molecule has 2 aromatic rings. The van der Waals surface area contributed by atoms with E-state index in [1.807, 2.05) is 28.1 Å². The third-order valence-corrected chi connectivity index (χ3v) is 9.94. The van der Waals surface area contributed by atoms with Gasteiger partial charge >= 0.3 is 0 Å². The Morgan fingerprint density at radius 1 is 1.25 bits per heavy atom. The molecular weight excluding hydrogens is 650 g/mol. The smallest absolute Gasteiger partial charge is 0.255 e. The van der Waals surface area contributed by atoms with Crippen LogP contribution < -0.4 is 5.32 Å². The molecule has 0 bridgehead atoms. The second-order valence-corrected chi connectivity index (χ2v) is 13.1. The number of rotatable bonds is 6. The lowest BCUT2D eigenvalue weighted by Crippen LogP contribution is -2.35. The van der Waals surface area contributed by atoms with E-state index in [9.17, 15) is 31.5 Å². The zero-order valence-electron chi connectivity index (χ0n) is 19.1. The number of sulfone groups is 1. The van der Waals surface area contributed by atoms with Crippen LogP contribution in [0.5, 0.6) is 0 Å². The SMILES string of the molecule is CC1CC[C@@H](C[C@@](C)(O)C#CSI)C1S(=O)(=O)c1cc(C(=O)Nc2cc(F)c(F)c(F)c2)ccc1Cl. The largest absolute Gasteiger partial charge is 0.378 e. The summed E-state index contributed by atoms with van der Waals surface area (Å²) in [6, 6.07) is 4.85. The van der Waals surface area contributed by atoms with Gasteiger partial charge in [-0.25, -0.2) is 21.6 Å². The number of carbonyl (C=O) groups excluding carboxylic acids is 1. The summed E-state index contributed by atoms with van der Waals surface area (Å²) in [5, 5.41) is 14.7. The zero-order valence-corrected chi connectivity index (χ0v) is 23.7. The number of benzene rings is 2. The fourth-order valence-electron chi connectivity index (χ4n) is 4.58. The number of nitrogens with one attached hydrogen (secondary N) is 1. The number of halogens is 5. The maximum absolute atomic E-state index is 13.8. The van der Waals surface area contributed by atoms with Gasteiger partial charge < -0.3 is 10.4 Å². The number of carbonyl (C=O) groups is 1. The molecule has 1 aliphatic carbocycles. The second-order valence-electron chi connectivity index (χ2n) is 8.96. The van der Waals surface area contributed by atoms with Gasteiger partial charge in [0.2, 0.25) is 0 Å². The van der Waals surface area contributed by atoms with Gasteiger partial charge in [0, 0.05) is 44.6 Å². The third-order valence-electron chi connectivity index (χ3n) is 6.14. The van der Waals surface area contributed by atoms with Gasteiger partial charge in [-0.1, -0.05) is 24.4 Å². The summed E-state index contributed by atoms with van der Waals surface area (Å²) in [5.74, 6) is -3.39. The van der Waals surface area contributed by atoms with Crippen LogP contribution >= 0.6 is 41.7 Å². The molecule has 3 rings (SSSR count). The summed E-state index contributed by atoms with van der Waals surface area (Å²) in [7, 11) is -2.84. The van der Waals surface area contributed by atoms with Crippen LogP contribution in [0, 0.1) is 40.5 Å². The van der Waals surface area contributed by atoms with Gasteiger partial charge in [0.05, 0.1) is 15.2 Å². The first kappa shape index (κ1) is 29.1. The van der Waals surface area contributed by atoms with E-state index < -0.39 is 50.0 Å². The molecule has 0 radical (unpaired) electrons. The van der Waals surface area contributed by atoms with Crippen LogP contribution in [0.25, 0.3) is 0 Å². The highest BCUT2D eigenvalue weighted by Crippen LogP contribution is 2.43. The van der Waals surface area contributed by atoms with E-state index in [1.165, 1.54) is 21.1 Å². The molecule has 2 N–H and O–H groups in total. The van der Waals surface area contributed by atoms with Gasteiger partial charge in [0.25, 0.3) is 5.91 Å². The molecule has 5 nitrogen and oxygen atoms in total. The number of hydrogen-bond donors (Lipinski definition) is 2. The second kappa shape index (κ2) is 11.5.